The van der Waals surface area contributed by atoms with Crippen LogP contribution in [0.25, 0.3) is 0 Å². The molecular formula is C17H33N. The summed E-state index contributed by atoms with van der Waals surface area (Å²) in [6.07, 6.45) is 11.6. The van der Waals surface area contributed by atoms with Crippen molar-refractivity contribution in [1.82, 2.24) is 5.32 Å². The lowest BCUT2D eigenvalue weighted by molar-refractivity contribution is 0.200. The van der Waals surface area contributed by atoms with Gasteiger partial charge < -0.3 is 5.32 Å². The van der Waals surface area contributed by atoms with Crippen molar-refractivity contribution in [3.05, 3.63) is 0 Å². The quantitative estimate of drug-likeness (QED) is 0.769. The number of hydrogen-bond acceptors (Lipinski definition) is 1. The van der Waals surface area contributed by atoms with Gasteiger partial charge in [-0.1, -0.05) is 52.9 Å². The van der Waals surface area contributed by atoms with Crippen LogP contribution in [0.1, 0.15) is 72.1 Å². The van der Waals surface area contributed by atoms with Gasteiger partial charge in [0.1, 0.15) is 0 Å². The van der Waals surface area contributed by atoms with E-state index >= 15 is 0 Å². The lowest BCUT2D eigenvalue weighted by Crippen LogP contribution is -2.43. The maximum atomic E-state index is 3.88. The molecule has 2 saturated carbocycles. The standard InChI is InChI=1S/C17H33N/c1-13-7-9-16(10-8-13)11-12-18-17-14(2)5-4-6-15(17)3/h13-18H,4-12H2,1-3H3. The van der Waals surface area contributed by atoms with E-state index in [1.807, 2.05) is 0 Å². The van der Waals surface area contributed by atoms with Crippen LogP contribution in [-0.2, 0) is 0 Å². The Kier molecular flexibility index (Phi) is 5.54. The second-order valence-corrected chi connectivity index (χ2v) is 7.28. The SMILES string of the molecule is CC1CCC(CCNC2C(C)CCCC2C)CC1. The number of hydrogen-bond donors (Lipinski definition) is 1. The Labute approximate surface area is 114 Å². The molecule has 0 aromatic carbocycles. The summed E-state index contributed by atoms with van der Waals surface area (Å²) in [6, 6.07) is 0.793. The van der Waals surface area contributed by atoms with E-state index < -0.39 is 0 Å². The van der Waals surface area contributed by atoms with Gasteiger partial charge in [-0.25, -0.2) is 0 Å². The third-order valence-corrected chi connectivity index (χ3v) is 5.61. The third kappa shape index (κ3) is 3.98. The van der Waals surface area contributed by atoms with Crippen LogP contribution in [0.2, 0.25) is 0 Å². The van der Waals surface area contributed by atoms with Gasteiger partial charge in [-0.05, 0) is 49.5 Å². The van der Waals surface area contributed by atoms with E-state index in [1.54, 1.807) is 0 Å². The molecule has 2 fully saturated rings. The topological polar surface area (TPSA) is 12.0 Å². The fourth-order valence-corrected chi connectivity index (χ4v) is 4.16. The first kappa shape index (κ1) is 14.4. The summed E-state index contributed by atoms with van der Waals surface area (Å²) < 4.78 is 0. The smallest absolute Gasteiger partial charge is 0.0118 e. The van der Waals surface area contributed by atoms with Gasteiger partial charge in [0.05, 0.1) is 0 Å². The largest absolute Gasteiger partial charge is 0.313 e. The minimum Gasteiger partial charge on any atom is -0.313 e. The lowest BCUT2D eigenvalue weighted by atomic mass is 9.78. The molecule has 2 atom stereocenters. The molecule has 0 saturated heterocycles. The van der Waals surface area contributed by atoms with Crippen LogP contribution in [0.15, 0.2) is 0 Å². The molecule has 2 aliphatic carbocycles. The zero-order valence-electron chi connectivity index (χ0n) is 12.8. The van der Waals surface area contributed by atoms with Gasteiger partial charge in [-0.15, -0.1) is 0 Å². The lowest BCUT2D eigenvalue weighted by Gasteiger charge is -2.36. The van der Waals surface area contributed by atoms with Crippen LogP contribution in [0.5, 0.6) is 0 Å². The average Bonchev–Trinajstić information content (AvgIpc) is 2.35. The summed E-state index contributed by atoms with van der Waals surface area (Å²) in [7, 11) is 0. The summed E-state index contributed by atoms with van der Waals surface area (Å²) in [4.78, 5) is 0. The minimum atomic E-state index is 0.793. The number of nitrogens with one attached hydrogen (secondary N) is 1. The zero-order chi connectivity index (χ0) is 13.0. The second kappa shape index (κ2) is 6.93. The van der Waals surface area contributed by atoms with Crippen molar-refractivity contribution in [2.75, 3.05) is 6.54 Å². The molecule has 0 aliphatic heterocycles. The molecule has 1 N–H and O–H groups in total. The van der Waals surface area contributed by atoms with E-state index in [1.165, 1.54) is 57.9 Å². The molecule has 0 radical (unpaired) electrons. The van der Waals surface area contributed by atoms with Gasteiger partial charge in [0.15, 0.2) is 0 Å². The third-order valence-electron chi connectivity index (χ3n) is 5.61. The molecule has 0 spiro atoms. The van der Waals surface area contributed by atoms with Crippen LogP contribution in [-0.4, -0.2) is 12.6 Å². The van der Waals surface area contributed by atoms with Crippen molar-refractivity contribution in [1.29, 1.82) is 0 Å². The molecular weight excluding hydrogens is 218 g/mol. The second-order valence-electron chi connectivity index (χ2n) is 7.28. The molecule has 1 nitrogen and oxygen atoms in total. The average molecular weight is 251 g/mol. The molecule has 2 rings (SSSR count). The summed E-state index contributed by atoms with van der Waals surface area (Å²) in [5.74, 6) is 3.79. The molecule has 2 unspecified atom stereocenters. The molecule has 0 aromatic rings. The van der Waals surface area contributed by atoms with E-state index in [9.17, 15) is 0 Å². The molecule has 1 heteroatoms. The van der Waals surface area contributed by atoms with Gasteiger partial charge in [0, 0.05) is 6.04 Å². The van der Waals surface area contributed by atoms with E-state index in [-0.39, 0.29) is 0 Å². The van der Waals surface area contributed by atoms with Crippen molar-refractivity contribution >= 4 is 0 Å². The van der Waals surface area contributed by atoms with Gasteiger partial charge in [0.25, 0.3) is 0 Å². The fraction of sp³-hybridized carbons (Fsp3) is 1.00. The van der Waals surface area contributed by atoms with E-state index in [4.69, 9.17) is 0 Å². The Morgan fingerprint density at radius 1 is 0.833 bits per heavy atom. The molecule has 0 bridgehead atoms. The Morgan fingerprint density at radius 3 is 2.06 bits per heavy atom. The predicted octanol–water partition coefficient (Wildman–Crippen LogP) is 4.62. The number of rotatable bonds is 4. The van der Waals surface area contributed by atoms with Crippen molar-refractivity contribution < 1.29 is 0 Å². The molecule has 106 valence electrons. The van der Waals surface area contributed by atoms with Crippen LogP contribution < -0.4 is 5.32 Å². The van der Waals surface area contributed by atoms with Crippen molar-refractivity contribution in [3.63, 3.8) is 0 Å². The monoisotopic (exact) mass is 251 g/mol. The fourth-order valence-electron chi connectivity index (χ4n) is 4.16. The molecule has 0 amide bonds. The van der Waals surface area contributed by atoms with Gasteiger partial charge in [-0.2, -0.15) is 0 Å². The molecule has 0 aromatic heterocycles. The van der Waals surface area contributed by atoms with Crippen LogP contribution in [0.4, 0.5) is 0 Å². The first-order chi connectivity index (χ1) is 8.66. The Bertz CT molecular complexity index is 220. The summed E-state index contributed by atoms with van der Waals surface area (Å²) in [5, 5.41) is 3.88. The van der Waals surface area contributed by atoms with Gasteiger partial charge >= 0.3 is 0 Å². The van der Waals surface area contributed by atoms with Crippen LogP contribution >= 0.6 is 0 Å². The van der Waals surface area contributed by atoms with E-state index in [0.717, 1.165) is 29.7 Å². The Balaban J connectivity index is 1.65. The summed E-state index contributed by atoms with van der Waals surface area (Å²) in [6.45, 7) is 8.56. The van der Waals surface area contributed by atoms with Crippen LogP contribution in [0.3, 0.4) is 0 Å². The normalized spacial score (nSPS) is 41.8. The maximum Gasteiger partial charge on any atom is 0.0118 e. The highest BCUT2D eigenvalue weighted by Gasteiger charge is 2.27. The molecule has 0 heterocycles. The van der Waals surface area contributed by atoms with Crippen LogP contribution in [0, 0.1) is 23.7 Å². The highest BCUT2D eigenvalue weighted by Crippen LogP contribution is 2.31. The van der Waals surface area contributed by atoms with Gasteiger partial charge in [-0.3, -0.25) is 0 Å². The minimum absolute atomic E-state index is 0.793. The Morgan fingerprint density at radius 2 is 1.44 bits per heavy atom. The summed E-state index contributed by atoms with van der Waals surface area (Å²) >= 11 is 0. The van der Waals surface area contributed by atoms with Gasteiger partial charge in [0.2, 0.25) is 0 Å². The first-order valence-corrected chi connectivity index (χ1v) is 8.40. The highest BCUT2D eigenvalue weighted by atomic mass is 14.9. The van der Waals surface area contributed by atoms with Crippen molar-refractivity contribution in [3.8, 4) is 0 Å². The summed E-state index contributed by atoms with van der Waals surface area (Å²) in [5.41, 5.74) is 0. The van der Waals surface area contributed by atoms with Crippen molar-refractivity contribution in [2.45, 2.75) is 78.2 Å². The maximum absolute atomic E-state index is 3.88. The predicted molar refractivity (Wildman–Crippen MR) is 79.7 cm³/mol. The Hall–Kier alpha value is -0.0400. The van der Waals surface area contributed by atoms with Crippen molar-refractivity contribution in [2.24, 2.45) is 23.7 Å². The first-order valence-electron chi connectivity index (χ1n) is 8.40. The van der Waals surface area contributed by atoms with E-state index in [0.29, 0.717) is 0 Å². The highest BCUT2D eigenvalue weighted by molar-refractivity contribution is 4.83. The molecule has 18 heavy (non-hydrogen) atoms. The molecule has 2 aliphatic rings. The zero-order valence-corrected chi connectivity index (χ0v) is 12.8. The van der Waals surface area contributed by atoms with E-state index in [2.05, 4.69) is 26.1 Å².